The first-order chi connectivity index (χ1) is 6.20. The van der Waals surface area contributed by atoms with Crippen molar-refractivity contribution >= 4 is 0 Å². The second-order valence-corrected chi connectivity index (χ2v) is 3.21. The number of rotatable bonds is 4. The van der Waals surface area contributed by atoms with Crippen LogP contribution in [0, 0.1) is 0 Å². The van der Waals surface area contributed by atoms with Gasteiger partial charge in [-0.15, -0.1) is 0 Å². The van der Waals surface area contributed by atoms with Crippen LogP contribution >= 0.6 is 0 Å². The zero-order valence-corrected chi connectivity index (χ0v) is 8.07. The van der Waals surface area contributed by atoms with Gasteiger partial charge >= 0.3 is 0 Å². The van der Waals surface area contributed by atoms with Gasteiger partial charge in [-0.3, -0.25) is 0 Å². The molecule has 0 amide bonds. The lowest BCUT2D eigenvalue weighted by molar-refractivity contribution is -0.129. The maximum atomic E-state index is 10.6. The molecule has 0 spiro atoms. The van der Waals surface area contributed by atoms with Crippen molar-refractivity contribution < 1.29 is 9.84 Å². The molecule has 0 aromatic heterocycles. The first-order valence-electron chi connectivity index (χ1n) is 4.52. The molecule has 2 nitrogen and oxygen atoms in total. The highest BCUT2D eigenvalue weighted by Gasteiger charge is 2.06. The second kappa shape index (κ2) is 5.00. The molecule has 1 radical (unpaired) electrons. The van der Waals surface area contributed by atoms with Crippen molar-refractivity contribution in [1.82, 2.24) is 0 Å². The first kappa shape index (κ1) is 10.2. The van der Waals surface area contributed by atoms with Crippen molar-refractivity contribution in [3.63, 3.8) is 0 Å². The van der Waals surface area contributed by atoms with Gasteiger partial charge in [-0.05, 0) is 12.5 Å². The highest BCUT2D eigenvalue weighted by atomic mass is 16.6. The molecule has 0 saturated heterocycles. The predicted octanol–water partition coefficient (Wildman–Crippen LogP) is 2.58. The molecule has 2 heteroatoms. The molecular weight excluding hydrogens is 164 g/mol. The lowest BCUT2D eigenvalue weighted by Crippen LogP contribution is -2.10. The van der Waals surface area contributed by atoms with Gasteiger partial charge in [0.25, 0.3) is 0 Å². The van der Waals surface area contributed by atoms with E-state index < -0.39 is 6.29 Å². The van der Waals surface area contributed by atoms with Gasteiger partial charge in [-0.25, -0.2) is 5.11 Å². The predicted molar refractivity (Wildman–Crippen MR) is 51.0 cm³/mol. The lowest BCUT2D eigenvalue weighted by Gasteiger charge is -2.12. The Hall–Kier alpha value is -0.860. The standard InChI is InChI=1S/C11H15O2/c1-9(8-13-10(2)12)11-6-4-3-5-7-11/h3-7,9-10H,8H2,1-2H3. The topological polar surface area (TPSA) is 29.1 Å². The van der Waals surface area contributed by atoms with Gasteiger partial charge in [0.1, 0.15) is 0 Å². The zero-order chi connectivity index (χ0) is 9.68. The summed E-state index contributed by atoms with van der Waals surface area (Å²) in [5, 5.41) is 10.6. The molecule has 0 aliphatic heterocycles. The van der Waals surface area contributed by atoms with Crippen molar-refractivity contribution in [1.29, 1.82) is 0 Å². The molecule has 0 fully saturated rings. The average Bonchev–Trinajstić information content (AvgIpc) is 2.15. The summed E-state index contributed by atoms with van der Waals surface area (Å²) in [6, 6.07) is 10.1. The molecule has 0 aliphatic carbocycles. The van der Waals surface area contributed by atoms with Gasteiger partial charge in [0.05, 0.1) is 6.61 Å². The van der Waals surface area contributed by atoms with E-state index >= 15 is 0 Å². The molecule has 1 rings (SSSR count). The summed E-state index contributed by atoms with van der Waals surface area (Å²) in [4.78, 5) is 0. The molecule has 0 heterocycles. The third-order valence-corrected chi connectivity index (χ3v) is 1.95. The normalized spacial score (nSPS) is 15.3. The molecule has 0 aliphatic rings. The second-order valence-electron chi connectivity index (χ2n) is 3.21. The Balaban J connectivity index is 2.44. The van der Waals surface area contributed by atoms with E-state index in [1.54, 1.807) is 0 Å². The van der Waals surface area contributed by atoms with Crippen molar-refractivity contribution in [3.05, 3.63) is 35.9 Å². The van der Waals surface area contributed by atoms with Crippen LogP contribution in [0.15, 0.2) is 30.3 Å². The van der Waals surface area contributed by atoms with Crippen LogP contribution in [0.1, 0.15) is 25.3 Å². The Morgan fingerprint density at radius 2 is 1.85 bits per heavy atom. The molecule has 1 aromatic rings. The molecule has 1 aromatic carbocycles. The quantitative estimate of drug-likeness (QED) is 0.653. The minimum absolute atomic E-state index is 0.289. The summed E-state index contributed by atoms with van der Waals surface area (Å²) in [7, 11) is 0. The maximum absolute atomic E-state index is 10.6. The van der Waals surface area contributed by atoms with Crippen LogP contribution in [0.2, 0.25) is 0 Å². The van der Waals surface area contributed by atoms with E-state index in [9.17, 15) is 5.11 Å². The lowest BCUT2D eigenvalue weighted by atomic mass is 10.0. The number of hydrogen-bond donors (Lipinski definition) is 0. The van der Waals surface area contributed by atoms with E-state index in [1.165, 1.54) is 12.5 Å². The van der Waals surface area contributed by atoms with Crippen molar-refractivity contribution in [2.75, 3.05) is 6.61 Å². The molecule has 0 bridgehead atoms. The summed E-state index contributed by atoms with van der Waals surface area (Å²) in [6.45, 7) is 4.06. The largest absolute Gasteiger partial charge is 0.349 e. The van der Waals surface area contributed by atoms with E-state index in [1.807, 2.05) is 30.3 Å². The summed E-state index contributed by atoms with van der Waals surface area (Å²) in [5.74, 6) is 0.289. The van der Waals surface area contributed by atoms with Crippen molar-refractivity contribution in [2.45, 2.75) is 26.1 Å². The fourth-order valence-corrected chi connectivity index (χ4v) is 1.16. The highest BCUT2D eigenvalue weighted by molar-refractivity contribution is 5.18. The number of benzene rings is 1. The Bertz CT molecular complexity index is 231. The fraction of sp³-hybridized carbons (Fsp3) is 0.455. The Labute approximate surface area is 79.2 Å². The van der Waals surface area contributed by atoms with E-state index in [2.05, 4.69) is 6.92 Å². The highest BCUT2D eigenvalue weighted by Crippen LogP contribution is 2.14. The van der Waals surface area contributed by atoms with Crippen LogP contribution in [0.5, 0.6) is 0 Å². The van der Waals surface area contributed by atoms with Gasteiger partial charge < -0.3 is 4.74 Å². The smallest absolute Gasteiger partial charge is 0.188 e. The molecule has 71 valence electrons. The van der Waals surface area contributed by atoms with Gasteiger partial charge in [-0.2, -0.15) is 0 Å². The van der Waals surface area contributed by atoms with Gasteiger partial charge in [0, 0.05) is 5.92 Å². The van der Waals surface area contributed by atoms with Gasteiger partial charge in [0.2, 0.25) is 0 Å². The monoisotopic (exact) mass is 179 g/mol. The van der Waals surface area contributed by atoms with Crippen molar-refractivity contribution in [3.8, 4) is 0 Å². The molecular formula is C11H15O2. The Kier molecular flexibility index (Phi) is 3.93. The Morgan fingerprint density at radius 3 is 2.38 bits per heavy atom. The van der Waals surface area contributed by atoms with Crippen LogP contribution in [0.4, 0.5) is 0 Å². The maximum Gasteiger partial charge on any atom is 0.188 e. The minimum Gasteiger partial charge on any atom is -0.349 e. The average molecular weight is 179 g/mol. The summed E-state index contributed by atoms with van der Waals surface area (Å²) in [6.07, 6.45) is -0.925. The fourth-order valence-electron chi connectivity index (χ4n) is 1.16. The third kappa shape index (κ3) is 3.57. The van der Waals surface area contributed by atoms with E-state index in [-0.39, 0.29) is 5.92 Å². The van der Waals surface area contributed by atoms with Crippen LogP contribution < -0.4 is 0 Å². The molecule has 13 heavy (non-hydrogen) atoms. The van der Waals surface area contributed by atoms with Crippen LogP contribution in [-0.4, -0.2) is 12.9 Å². The van der Waals surface area contributed by atoms with Crippen LogP contribution in [-0.2, 0) is 9.84 Å². The molecule has 2 unspecified atom stereocenters. The van der Waals surface area contributed by atoms with Gasteiger partial charge in [0.15, 0.2) is 6.29 Å². The summed E-state index contributed by atoms with van der Waals surface area (Å²) in [5.41, 5.74) is 1.21. The number of hydrogen-bond acceptors (Lipinski definition) is 1. The molecule has 2 atom stereocenters. The van der Waals surface area contributed by atoms with Crippen molar-refractivity contribution in [2.24, 2.45) is 0 Å². The summed E-state index contributed by atoms with van der Waals surface area (Å²) >= 11 is 0. The van der Waals surface area contributed by atoms with E-state index in [0.29, 0.717) is 6.61 Å². The molecule has 0 N–H and O–H groups in total. The SMILES string of the molecule is CC([O])OCC(C)c1ccccc1. The van der Waals surface area contributed by atoms with Gasteiger partial charge in [-0.1, -0.05) is 37.3 Å². The first-order valence-corrected chi connectivity index (χ1v) is 4.52. The minimum atomic E-state index is -0.925. The molecule has 0 saturated carbocycles. The van der Waals surface area contributed by atoms with Crippen LogP contribution in [0.25, 0.3) is 0 Å². The summed E-state index contributed by atoms with van der Waals surface area (Å²) < 4.78 is 5.00. The Morgan fingerprint density at radius 1 is 1.23 bits per heavy atom. The third-order valence-electron chi connectivity index (χ3n) is 1.95. The van der Waals surface area contributed by atoms with Crippen LogP contribution in [0.3, 0.4) is 0 Å². The van der Waals surface area contributed by atoms with E-state index in [4.69, 9.17) is 4.74 Å². The number of ether oxygens (including phenoxy) is 1. The van der Waals surface area contributed by atoms with E-state index in [0.717, 1.165) is 0 Å². The zero-order valence-electron chi connectivity index (χ0n) is 8.07.